The molecule has 0 spiro atoms. The van der Waals surface area contributed by atoms with Gasteiger partial charge in [0.15, 0.2) is 0 Å². The summed E-state index contributed by atoms with van der Waals surface area (Å²) in [6.45, 7) is 4.47. The molecule has 1 rings (SSSR count). The van der Waals surface area contributed by atoms with Crippen molar-refractivity contribution in [2.75, 3.05) is 37.9 Å². The molecule has 19 heavy (non-hydrogen) atoms. The molecule has 0 atom stereocenters. The van der Waals surface area contributed by atoms with E-state index in [4.69, 9.17) is 11.6 Å². The van der Waals surface area contributed by atoms with Gasteiger partial charge in [-0.3, -0.25) is 9.69 Å². The van der Waals surface area contributed by atoms with Crippen molar-refractivity contribution >= 4 is 28.9 Å². The second-order valence-corrected chi connectivity index (χ2v) is 5.52. The zero-order valence-corrected chi connectivity index (χ0v) is 13.0. The smallest absolute Gasteiger partial charge is 0.238 e. The molecule has 1 N–H and O–H groups in total. The van der Waals surface area contributed by atoms with Crippen LogP contribution >= 0.6 is 11.6 Å². The summed E-state index contributed by atoms with van der Waals surface area (Å²) < 4.78 is 0. The van der Waals surface area contributed by atoms with Crippen molar-refractivity contribution in [3.05, 3.63) is 23.2 Å². The van der Waals surface area contributed by atoms with Crippen molar-refractivity contribution in [1.82, 2.24) is 4.90 Å². The van der Waals surface area contributed by atoms with E-state index in [1.807, 2.05) is 43.1 Å². The lowest BCUT2D eigenvalue weighted by Crippen LogP contribution is -2.34. The molecule has 0 bridgehead atoms. The monoisotopic (exact) mass is 283 g/mol. The van der Waals surface area contributed by atoms with E-state index in [9.17, 15) is 4.79 Å². The molecule has 0 aliphatic carbocycles. The van der Waals surface area contributed by atoms with Crippen molar-refractivity contribution in [3.63, 3.8) is 0 Å². The Bertz CT molecular complexity index is 446. The number of halogens is 1. The number of rotatable bonds is 5. The highest BCUT2D eigenvalue weighted by Crippen LogP contribution is 2.27. The Morgan fingerprint density at radius 1 is 1.32 bits per heavy atom. The Balaban J connectivity index is 2.68. The van der Waals surface area contributed by atoms with E-state index in [2.05, 4.69) is 19.2 Å². The van der Waals surface area contributed by atoms with Gasteiger partial charge in [0.2, 0.25) is 5.91 Å². The third-order valence-electron chi connectivity index (χ3n) is 2.99. The van der Waals surface area contributed by atoms with Crippen LogP contribution in [0, 0.1) is 0 Å². The van der Waals surface area contributed by atoms with Crippen LogP contribution in [0.3, 0.4) is 0 Å². The SMILES string of the molecule is CC(C)N(C)CC(=O)Nc1ccc(N(C)C)c(Cl)c1. The van der Waals surface area contributed by atoms with Gasteiger partial charge in [0.1, 0.15) is 0 Å². The molecule has 4 nitrogen and oxygen atoms in total. The Kier molecular flexibility index (Phi) is 5.63. The standard InChI is InChI=1S/C14H22ClN3O/c1-10(2)18(5)9-14(19)16-11-6-7-13(17(3)4)12(15)8-11/h6-8,10H,9H2,1-5H3,(H,16,19). The van der Waals surface area contributed by atoms with Gasteiger partial charge in [-0.15, -0.1) is 0 Å². The van der Waals surface area contributed by atoms with Gasteiger partial charge < -0.3 is 10.2 Å². The van der Waals surface area contributed by atoms with E-state index in [1.165, 1.54) is 0 Å². The van der Waals surface area contributed by atoms with Crippen molar-refractivity contribution in [2.24, 2.45) is 0 Å². The average Bonchev–Trinajstić information content (AvgIpc) is 2.27. The van der Waals surface area contributed by atoms with Crippen LogP contribution in [0.1, 0.15) is 13.8 Å². The van der Waals surface area contributed by atoms with E-state index in [0.29, 0.717) is 17.6 Å². The Morgan fingerprint density at radius 3 is 2.42 bits per heavy atom. The number of carbonyl (C=O) groups excluding carboxylic acids is 1. The summed E-state index contributed by atoms with van der Waals surface area (Å²) in [5, 5.41) is 3.48. The minimum Gasteiger partial charge on any atom is -0.376 e. The number of carbonyl (C=O) groups is 1. The maximum atomic E-state index is 11.9. The topological polar surface area (TPSA) is 35.6 Å². The fourth-order valence-electron chi connectivity index (χ4n) is 1.56. The van der Waals surface area contributed by atoms with Crippen molar-refractivity contribution in [2.45, 2.75) is 19.9 Å². The molecule has 0 unspecified atom stereocenters. The Hall–Kier alpha value is -1.26. The molecule has 0 heterocycles. The molecule has 0 aromatic heterocycles. The predicted octanol–water partition coefficient (Wildman–Crippen LogP) is 2.68. The van der Waals surface area contributed by atoms with Crippen molar-refractivity contribution in [3.8, 4) is 0 Å². The molecule has 0 fully saturated rings. The van der Waals surface area contributed by atoms with Gasteiger partial charge in [-0.2, -0.15) is 0 Å². The van der Waals surface area contributed by atoms with Gasteiger partial charge in [-0.25, -0.2) is 0 Å². The van der Waals surface area contributed by atoms with Crippen LogP contribution < -0.4 is 10.2 Å². The Labute approximate surface area is 120 Å². The maximum Gasteiger partial charge on any atom is 0.238 e. The first-order valence-electron chi connectivity index (χ1n) is 6.28. The lowest BCUT2D eigenvalue weighted by molar-refractivity contribution is -0.117. The number of hydrogen-bond donors (Lipinski definition) is 1. The number of hydrogen-bond acceptors (Lipinski definition) is 3. The summed E-state index contributed by atoms with van der Waals surface area (Å²) in [6, 6.07) is 5.86. The largest absolute Gasteiger partial charge is 0.376 e. The summed E-state index contributed by atoms with van der Waals surface area (Å²) in [6.07, 6.45) is 0. The third kappa shape index (κ3) is 4.73. The molecular weight excluding hydrogens is 262 g/mol. The molecule has 1 amide bonds. The highest BCUT2D eigenvalue weighted by atomic mass is 35.5. The van der Waals surface area contributed by atoms with Crippen LogP contribution in [0.25, 0.3) is 0 Å². The predicted molar refractivity (Wildman–Crippen MR) is 82.2 cm³/mol. The summed E-state index contributed by atoms with van der Waals surface area (Å²) >= 11 is 6.16. The Morgan fingerprint density at radius 2 is 1.95 bits per heavy atom. The summed E-state index contributed by atoms with van der Waals surface area (Å²) in [7, 11) is 5.78. The summed E-state index contributed by atoms with van der Waals surface area (Å²) in [5.74, 6) is -0.0372. The maximum absolute atomic E-state index is 11.9. The van der Waals surface area contributed by atoms with Gasteiger partial charge >= 0.3 is 0 Å². The van der Waals surface area contributed by atoms with Gasteiger partial charge in [0, 0.05) is 25.8 Å². The van der Waals surface area contributed by atoms with E-state index < -0.39 is 0 Å². The number of nitrogens with one attached hydrogen (secondary N) is 1. The van der Waals surface area contributed by atoms with E-state index in [-0.39, 0.29) is 5.91 Å². The number of benzene rings is 1. The van der Waals surface area contributed by atoms with Crippen LogP contribution in [0.2, 0.25) is 5.02 Å². The molecular formula is C14H22ClN3O. The van der Waals surface area contributed by atoms with Crippen LogP contribution in [0.4, 0.5) is 11.4 Å². The third-order valence-corrected chi connectivity index (χ3v) is 3.29. The zero-order chi connectivity index (χ0) is 14.6. The quantitative estimate of drug-likeness (QED) is 0.902. The molecule has 0 saturated heterocycles. The minimum absolute atomic E-state index is 0.0372. The van der Waals surface area contributed by atoms with E-state index >= 15 is 0 Å². The van der Waals surface area contributed by atoms with E-state index in [1.54, 1.807) is 6.07 Å². The molecule has 0 saturated carbocycles. The number of anilines is 2. The molecule has 106 valence electrons. The molecule has 0 aliphatic rings. The second kappa shape index (κ2) is 6.78. The van der Waals surface area contributed by atoms with Gasteiger partial charge in [0.25, 0.3) is 0 Å². The molecule has 1 aromatic rings. The van der Waals surface area contributed by atoms with Crippen LogP contribution in [-0.4, -0.2) is 44.5 Å². The first-order chi connectivity index (χ1) is 8.81. The summed E-state index contributed by atoms with van der Waals surface area (Å²) in [4.78, 5) is 15.8. The lowest BCUT2D eigenvalue weighted by atomic mass is 10.2. The fourth-order valence-corrected chi connectivity index (χ4v) is 1.91. The number of likely N-dealkylation sites (N-methyl/N-ethyl adjacent to an activating group) is 1. The second-order valence-electron chi connectivity index (χ2n) is 5.12. The normalized spacial score (nSPS) is 10.9. The highest BCUT2D eigenvalue weighted by molar-refractivity contribution is 6.33. The van der Waals surface area contributed by atoms with Gasteiger partial charge in [0.05, 0.1) is 17.3 Å². The summed E-state index contributed by atoms with van der Waals surface area (Å²) in [5.41, 5.74) is 1.65. The van der Waals surface area contributed by atoms with Crippen molar-refractivity contribution < 1.29 is 4.79 Å². The van der Waals surface area contributed by atoms with Crippen LogP contribution in [0.5, 0.6) is 0 Å². The first kappa shape index (κ1) is 15.8. The van der Waals surface area contributed by atoms with Crippen molar-refractivity contribution in [1.29, 1.82) is 0 Å². The van der Waals surface area contributed by atoms with Gasteiger partial charge in [-0.1, -0.05) is 11.6 Å². The number of nitrogens with zero attached hydrogens (tertiary/aromatic N) is 2. The molecule has 5 heteroatoms. The lowest BCUT2D eigenvalue weighted by Gasteiger charge is -2.20. The fraction of sp³-hybridized carbons (Fsp3) is 0.500. The highest BCUT2D eigenvalue weighted by Gasteiger charge is 2.10. The molecule has 0 radical (unpaired) electrons. The first-order valence-corrected chi connectivity index (χ1v) is 6.66. The van der Waals surface area contributed by atoms with Gasteiger partial charge in [-0.05, 0) is 39.1 Å². The molecule has 0 aliphatic heterocycles. The average molecular weight is 284 g/mol. The number of amides is 1. The minimum atomic E-state index is -0.0372. The van der Waals surface area contributed by atoms with Crippen LogP contribution in [0.15, 0.2) is 18.2 Å². The van der Waals surface area contributed by atoms with Crippen LogP contribution in [-0.2, 0) is 4.79 Å². The zero-order valence-electron chi connectivity index (χ0n) is 12.2. The molecule has 1 aromatic carbocycles. The van der Waals surface area contributed by atoms with E-state index in [0.717, 1.165) is 11.4 Å².